The molecule has 3 N–H and O–H groups in total. The fourth-order valence-corrected chi connectivity index (χ4v) is 2.61. The average Bonchev–Trinajstić information content (AvgIpc) is 2.38. The van der Waals surface area contributed by atoms with Crippen LogP contribution in [0.5, 0.6) is 0 Å². The van der Waals surface area contributed by atoms with Gasteiger partial charge in [0.1, 0.15) is 0 Å². The monoisotopic (exact) mass is 265 g/mol. The summed E-state index contributed by atoms with van der Waals surface area (Å²) in [6.07, 6.45) is -0.129. The molecule has 5 heteroatoms. The summed E-state index contributed by atoms with van der Waals surface area (Å²) < 4.78 is 5.59. The van der Waals surface area contributed by atoms with Crippen molar-refractivity contribution in [3.8, 4) is 0 Å². The third kappa shape index (κ3) is 2.88. The highest BCUT2D eigenvalue weighted by Gasteiger charge is 2.27. The molecular weight excluding hydrogens is 242 g/mol. The highest BCUT2D eigenvalue weighted by molar-refractivity contribution is 5.57. The predicted octanol–water partition coefficient (Wildman–Crippen LogP) is 0.743. The van der Waals surface area contributed by atoms with Gasteiger partial charge in [0.15, 0.2) is 0 Å². The Labute approximate surface area is 114 Å². The molecule has 0 aromatic carbocycles. The number of nitrogens with zero attached hydrogens (tertiary/aromatic N) is 2. The van der Waals surface area contributed by atoms with Crippen LogP contribution in [0.3, 0.4) is 0 Å². The molecule has 0 spiro atoms. The van der Waals surface area contributed by atoms with E-state index in [1.807, 2.05) is 13.8 Å². The molecule has 106 valence electrons. The maximum Gasteiger partial charge on any atom is 0.0981 e. The van der Waals surface area contributed by atoms with Gasteiger partial charge >= 0.3 is 0 Å². The number of pyridine rings is 1. The molecule has 2 rings (SSSR count). The van der Waals surface area contributed by atoms with Crippen LogP contribution >= 0.6 is 0 Å². The van der Waals surface area contributed by atoms with Gasteiger partial charge in [0, 0.05) is 41.8 Å². The lowest BCUT2D eigenvalue weighted by atomic mass is 10.1. The van der Waals surface area contributed by atoms with E-state index in [4.69, 9.17) is 10.5 Å². The molecule has 2 heterocycles. The molecule has 2 atom stereocenters. The van der Waals surface area contributed by atoms with Crippen molar-refractivity contribution in [1.29, 1.82) is 0 Å². The van der Waals surface area contributed by atoms with E-state index in [-0.39, 0.29) is 18.8 Å². The van der Waals surface area contributed by atoms with Gasteiger partial charge in [-0.3, -0.25) is 4.98 Å². The Hall–Kier alpha value is -1.17. The van der Waals surface area contributed by atoms with Crippen molar-refractivity contribution in [2.75, 3.05) is 24.7 Å². The van der Waals surface area contributed by atoms with Crippen molar-refractivity contribution in [3.05, 3.63) is 23.0 Å². The van der Waals surface area contributed by atoms with E-state index >= 15 is 0 Å². The second-order valence-electron chi connectivity index (χ2n) is 5.19. The van der Waals surface area contributed by atoms with Crippen LogP contribution in [-0.2, 0) is 11.3 Å². The number of aliphatic hydroxyl groups is 1. The Morgan fingerprint density at radius 3 is 2.89 bits per heavy atom. The predicted molar refractivity (Wildman–Crippen MR) is 75.2 cm³/mol. The Morgan fingerprint density at radius 2 is 2.26 bits per heavy atom. The summed E-state index contributed by atoms with van der Waals surface area (Å²) in [7, 11) is 0. The Kier molecular flexibility index (Phi) is 4.39. The molecule has 1 saturated heterocycles. The molecule has 1 aromatic heterocycles. The van der Waals surface area contributed by atoms with Gasteiger partial charge in [-0.25, -0.2) is 0 Å². The standard InChI is InChI=1S/C14H23N3O2/c1-9-4-14(13(5-15)11(3)16-9)17-6-12(7-18)19-8-10(17)2/h4,10,12,18H,5-8,15H2,1-3H3. The van der Waals surface area contributed by atoms with Gasteiger partial charge in [0.2, 0.25) is 0 Å². The van der Waals surface area contributed by atoms with Crippen molar-refractivity contribution in [2.45, 2.75) is 39.5 Å². The van der Waals surface area contributed by atoms with Crippen LogP contribution in [0.25, 0.3) is 0 Å². The smallest absolute Gasteiger partial charge is 0.0981 e. The fraction of sp³-hybridized carbons (Fsp3) is 0.643. The quantitative estimate of drug-likeness (QED) is 0.843. The number of aliphatic hydroxyl groups excluding tert-OH is 1. The van der Waals surface area contributed by atoms with Crippen LogP contribution in [0.1, 0.15) is 23.9 Å². The van der Waals surface area contributed by atoms with Gasteiger partial charge in [0.05, 0.1) is 19.3 Å². The molecule has 1 aliphatic rings. The molecule has 0 amide bonds. The number of aryl methyl sites for hydroxylation is 2. The van der Waals surface area contributed by atoms with Crippen LogP contribution in [-0.4, -0.2) is 42.0 Å². The number of morpholine rings is 1. The topological polar surface area (TPSA) is 71.6 Å². The number of anilines is 1. The Morgan fingerprint density at radius 1 is 1.53 bits per heavy atom. The van der Waals surface area contributed by atoms with Crippen LogP contribution in [0.2, 0.25) is 0 Å². The SMILES string of the molecule is Cc1cc(N2CC(CO)OCC2C)c(CN)c(C)n1. The van der Waals surface area contributed by atoms with Gasteiger partial charge in [-0.1, -0.05) is 0 Å². The average molecular weight is 265 g/mol. The largest absolute Gasteiger partial charge is 0.394 e. The first-order valence-corrected chi connectivity index (χ1v) is 6.73. The van der Waals surface area contributed by atoms with E-state index in [1.165, 1.54) is 0 Å². The Balaban J connectivity index is 2.38. The van der Waals surface area contributed by atoms with Gasteiger partial charge in [0.25, 0.3) is 0 Å². The molecular formula is C14H23N3O2. The molecule has 5 nitrogen and oxygen atoms in total. The molecule has 0 aliphatic carbocycles. The van der Waals surface area contributed by atoms with Crippen molar-refractivity contribution >= 4 is 5.69 Å². The summed E-state index contributed by atoms with van der Waals surface area (Å²) >= 11 is 0. The lowest BCUT2D eigenvalue weighted by Gasteiger charge is -2.40. The van der Waals surface area contributed by atoms with Gasteiger partial charge < -0.3 is 20.5 Å². The molecule has 0 saturated carbocycles. The number of nitrogens with two attached hydrogens (primary N) is 1. The zero-order valence-corrected chi connectivity index (χ0v) is 11.9. The van der Waals surface area contributed by atoms with Gasteiger partial charge in [-0.15, -0.1) is 0 Å². The molecule has 1 aliphatic heterocycles. The number of aromatic nitrogens is 1. The first-order chi connectivity index (χ1) is 9.06. The number of rotatable bonds is 3. The fourth-order valence-electron chi connectivity index (χ4n) is 2.61. The minimum absolute atomic E-state index is 0.0459. The maximum absolute atomic E-state index is 9.29. The molecule has 1 fully saturated rings. The summed E-state index contributed by atoms with van der Waals surface area (Å²) in [5.74, 6) is 0. The molecule has 0 bridgehead atoms. The lowest BCUT2D eigenvalue weighted by Crippen LogP contribution is -2.50. The molecule has 2 unspecified atom stereocenters. The normalized spacial score (nSPS) is 23.7. The summed E-state index contributed by atoms with van der Waals surface area (Å²) in [4.78, 5) is 6.75. The van der Waals surface area contributed by atoms with E-state index in [2.05, 4.69) is 22.9 Å². The minimum atomic E-state index is -0.129. The summed E-state index contributed by atoms with van der Waals surface area (Å²) in [5.41, 5.74) is 10.1. The van der Waals surface area contributed by atoms with Crippen LogP contribution < -0.4 is 10.6 Å². The maximum atomic E-state index is 9.29. The molecule has 19 heavy (non-hydrogen) atoms. The number of ether oxygens (including phenoxy) is 1. The van der Waals surface area contributed by atoms with Crippen LogP contribution in [0, 0.1) is 13.8 Å². The number of hydrogen-bond donors (Lipinski definition) is 2. The summed E-state index contributed by atoms with van der Waals surface area (Å²) in [6.45, 7) is 7.94. The first kappa shape index (κ1) is 14.2. The lowest BCUT2D eigenvalue weighted by molar-refractivity contribution is -0.0103. The zero-order chi connectivity index (χ0) is 14.0. The zero-order valence-electron chi connectivity index (χ0n) is 11.9. The van der Waals surface area contributed by atoms with Gasteiger partial charge in [-0.05, 0) is 26.8 Å². The summed E-state index contributed by atoms with van der Waals surface area (Å²) in [5, 5.41) is 9.29. The van der Waals surface area contributed by atoms with E-state index < -0.39 is 0 Å². The highest BCUT2D eigenvalue weighted by Crippen LogP contribution is 2.28. The molecule has 0 radical (unpaired) electrons. The third-order valence-corrected chi connectivity index (χ3v) is 3.66. The molecule has 1 aromatic rings. The highest BCUT2D eigenvalue weighted by atomic mass is 16.5. The minimum Gasteiger partial charge on any atom is -0.394 e. The van der Waals surface area contributed by atoms with E-state index in [0.29, 0.717) is 19.7 Å². The van der Waals surface area contributed by atoms with Crippen LogP contribution in [0.4, 0.5) is 5.69 Å². The summed E-state index contributed by atoms with van der Waals surface area (Å²) in [6, 6.07) is 2.35. The van der Waals surface area contributed by atoms with E-state index in [9.17, 15) is 5.11 Å². The van der Waals surface area contributed by atoms with E-state index in [1.54, 1.807) is 0 Å². The van der Waals surface area contributed by atoms with Crippen molar-refractivity contribution in [3.63, 3.8) is 0 Å². The second kappa shape index (κ2) is 5.86. The van der Waals surface area contributed by atoms with Gasteiger partial charge in [-0.2, -0.15) is 0 Å². The van der Waals surface area contributed by atoms with E-state index in [0.717, 1.165) is 22.6 Å². The Bertz CT molecular complexity index is 451. The van der Waals surface area contributed by atoms with Crippen molar-refractivity contribution in [1.82, 2.24) is 4.98 Å². The van der Waals surface area contributed by atoms with Crippen molar-refractivity contribution < 1.29 is 9.84 Å². The van der Waals surface area contributed by atoms with Crippen LogP contribution in [0.15, 0.2) is 6.07 Å². The van der Waals surface area contributed by atoms with Crippen molar-refractivity contribution in [2.24, 2.45) is 5.73 Å². The first-order valence-electron chi connectivity index (χ1n) is 6.73. The number of hydrogen-bond acceptors (Lipinski definition) is 5. The third-order valence-electron chi connectivity index (χ3n) is 3.66. The second-order valence-corrected chi connectivity index (χ2v) is 5.19.